The van der Waals surface area contributed by atoms with Crippen LogP contribution in [-0.2, 0) is 14.6 Å². The number of Topliss-reactive ketones (excluding diaryl/α,β-unsaturated/α-hetero) is 1. The number of carbonyl (C=O) groups excluding carboxylic acids is 1. The highest BCUT2D eigenvalue weighted by Crippen LogP contribution is 2.35. The third-order valence-corrected chi connectivity index (χ3v) is 5.05. The van der Waals surface area contributed by atoms with E-state index in [1.165, 1.54) is 64.2 Å². The van der Waals surface area contributed by atoms with Gasteiger partial charge in [0.05, 0.1) is 0 Å². The van der Waals surface area contributed by atoms with Crippen LogP contribution in [0.3, 0.4) is 0 Å². The predicted molar refractivity (Wildman–Crippen MR) is 95.4 cm³/mol. The van der Waals surface area contributed by atoms with E-state index in [0.29, 0.717) is 6.42 Å². The van der Waals surface area contributed by atoms with E-state index in [-0.39, 0.29) is 11.9 Å². The van der Waals surface area contributed by atoms with Crippen molar-refractivity contribution in [1.82, 2.24) is 0 Å². The Hall–Kier alpha value is -0.410. The summed E-state index contributed by atoms with van der Waals surface area (Å²) in [6.07, 6.45) is 17.2. The van der Waals surface area contributed by atoms with Crippen molar-refractivity contribution in [3.8, 4) is 0 Å². The summed E-state index contributed by atoms with van der Waals surface area (Å²) in [5.41, 5.74) is -0.672. The minimum Gasteiger partial charge on any atom is -0.296 e. The van der Waals surface area contributed by atoms with Crippen LogP contribution in [0.25, 0.3) is 0 Å². The number of rotatable bonds is 15. The van der Waals surface area contributed by atoms with Gasteiger partial charge in [0.2, 0.25) is 0 Å². The van der Waals surface area contributed by atoms with Gasteiger partial charge in [0, 0.05) is 6.42 Å². The fraction of sp³-hybridized carbons (Fsp3) is 0.950. The summed E-state index contributed by atoms with van der Waals surface area (Å²) in [5.74, 6) is 0.194. The molecule has 0 N–H and O–H groups in total. The first-order valence-electron chi connectivity index (χ1n) is 10.0. The number of hydrogen-bond acceptors (Lipinski definition) is 3. The first-order valence-corrected chi connectivity index (χ1v) is 10.0. The minimum absolute atomic E-state index is 0.0277. The van der Waals surface area contributed by atoms with Crippen molar-refractivity contribution < 1.29 is 14.6 Å². The van der Waals surface area contributed by atoms with Crippen LogP contribution in [0.15, 0.2) is 0 Å². The lowest BCUT2D eigenvalue weighted by Crippen LogP contribution is -2.59. The fourth-order valence-corrected chi connectivity index (χ4v) is 3.28. The third-order valence-electron chi connectivity index (χ3n) is 5.05. The standard InChI is InChI=1S/C20H38O3/c1-4-6-7-8-9-10-11-12-13-14-15-17-19-20(3,23-22-19)18(21)16-5-2/h19H,4-17H2,1-3H3. The van der Waals surface area contributed by atoms with Gasteiger partial charge in [-0.3, -0.25) is 4.79 Å². The van der Waals surface area contributed by atoms with E-state index in [4.69, 9.17) is 9.78 Å². The van der Waals surface area contributed by atoms with E-state index in [9.17, 15) is 4.79 Å². The Morgan fingerprint density at radius 2 is 1.35 bits per heavy atom. The molecule has 1 heterocycles. The highest BCUT2D eigenvalue weighted by molar-refractivity contribution is 5.88. The number of hydrogen-bond donors (Lipinski definition) is 0. The molecule has 1 saturated heterocycles. The summed E-state index contributed by atoms with van der Waals surface area (Å²) in [6.45, 7) is 6.18. The monoisotopic (exact) mass is 326 g/mol. The largest absolute Gasteiger partial charge is 0.296 e. The van der Waals surface area contributed by atoms with Crippen molar-refractivity contribution in [3.05, 3.63) is 0 Å². The topological polar surface area (TPSA) is 35.5 Å². The quantitative estimate of drug-likeness (QED) is 0.267. The summed E-state index contributed by atoms with van der Waals surface area (Å²) in [6, 6.07) is 0. The van der Waals surface area contributed by atoms with Crippen molar-refractivity contribution in [2.75, 3.05) is 0 Å². The van der Waals surface area contributed by atoms with Crippen LogP contribution in [0.1, 0.15) is 111 Å². The zero-order valence-corrected chi connectivity index (χ0v) is 15.7. The summed E-state index contributed by atoms with van der Waals surface area (Å²) in [7, 11) is 0. The highest BCUT2D eigenvalue weighted by atomic mass is 17.3. The second-order valence-electron chi connectivity index (χ2n) is 7.27. The molecule has 2 atom stereocenters. The van der Waals surface area contributed by atoms with Crippen LogP contribution in [-0.4, -0.2) is 17.5 Å². The molecular weight excluding hydrogens is 288 g/mol. The molecule has 0 aromatic carbocycles. The number of unbranched alkanes of at least 4 members (excludes halogenated alkanes) is 10. The van der Waals surface area contributed by atoms with Crippen LogP contribution >= 0.6 is 0 Å². The Labute approximate surface area is 143 Å². The van der Waals surface area contributed by atoms with Crippen molar-refractivity contribution in [2.24, 2.45) is 0 Å². The predicted octanol–water partition coefficient (Wildman–Crippen LogP) is 6.15. The molecule has 3 nitrogen and oxygen atoms in total. The van der Waals surface area contributed by atoms with E-state index < -0.39 is 5.60 Å². The molecule has 0 aromatic heterocycles. The van der Waals surface area contributed by atoms with Gasteiger partial charge in [0.15, 0.2) is 11.4 Å². The molecule has 0 aliphatic carbocycles. The van der Waals surface area contributed by atoms with Crippen molar-refractivity contribution in [3.63, 3.8) is 0 Å². The third kappa shape index (κ3) is 7.34. The average molecular weight is 327 g/mol. The van der Waals surface area contributed by atoms with Gasteiger partial charge in [-0.2, -0.15) is 0 Å². The molecule has 0 saturated carbocycles. The van der Waals surface area contributed by atoms with E-state index in [2.05, 4.69) is 6.92 Å². The summed E-state index contributed by atoms with van der Waals surface area (Å²) >= 11 is 0. The average Bonchev–Trinajstić information content (AvgIpc) is 2.54. The highest BCUT2D eigenvalue weighted by Gasteiger charge is 2.52. The maximum atomic E-state index is 12.1. The molecular formula is C20H38O3. The smallest absolute Gasteiger partial charge is 0.187 e. The lowest BCUT2D eigenvalue weighted by molar-refractivity contribution is -0.489. The Balaban J connectivity index is 1.94. The molecule has 1 aliphatic heterocycles. The minimum atomic E-state index is -0.672. The van der Waals surface area contributed by atoms with Gasteiger partial charge >= 0.3 is 0 Å². The first kappa shape index (κ1) is 20.6. The molecule has 3 heteroatoms. The van der Waals surface area contributed by atoms with Crippen LogP contribution in [0.5, 0.6) is 0 Å². The summed E-state index contributed by atoms with van der Waals surface area (Å²) in [5, 5.41) is 0. The SMILES string of the molecule is CCCCCCCCCCCCCC1OOC1(C)C(=O)CCC. The molecule has 0 bridgehead atoms. The van der Waals surface area contributed by atoms with Gasteiger partial charge in [0.1, 0.15) is 6.10 Å². The van der Waals surface area contributed by atoms with Gasteiger partial charge in [-0.1, -0.05) is 84.5 Å². The Morgan fingerprint density at radius 1 is 0.826 bits per heavy atom. The molecule has 2 unspecified atom stereocenters. The first-order chi connectivity index (χ1) is 11.1. The number of carbonyl (C=O) groups is 1. The molecule has 0 amide bonds. The van der Waals surface area contributed by atoms with Crippen LogP contribution in [0, 0.1) is 0 Å². The molecule has 1 rings (SSSR count). The molecule has 136 valence electrons. The fourth-order valence-electron chi connectivity index (χ4n) is 3.28. The Kier molecular flexibility index (Phi) is 10.8. The molecule has 23 heavy (non-hydrogen) atoms. The maximum Gasteiger partial charge on any atom is 0.187 e. The summed E-state index contributed by atoms with van der Waals surface area (Å²) < 4.78 is 0. The Bertz CT molecular complexity index is 316. The Morgan fingerprint density at radius 3 is 1.78 bits per heavy atom. The van der Waals surface area contributed by atoms with E-state index in [1.54, 1.807) is 0 Å². The molecule has 1 aliphatic rings. The lowest BCUT2D eigenvalue weighted by atomic mass is 9.86. The van der Waals surface area contributed by atoms with Crippen molar-refractivity contribution in [2.45, 2.75) is 122 Å². The van der Waals surface area contributed by atoms with E-state index in [1.807, 2.05) is 13.8 Å². The van der Waals surface area contributed by atoms with Crippen molar-refractivity contribution >= 4 is 5.78 Å². The molecule has 0 radical (unpaired) electrons. The molecule has 0 aromatic rings. The number of ketones is 1. The zero-order valence-electron chi connectivity index (χ0n) is 15.7. The van der Waals surface area contributed by atoms with Crippen LogP contribution < -0.4 is 0 Å². The van der Waals surface area contributed by atoms with Gasteiger partial charge < -0.3 is 0 Å². The second kappa shape index (κ2) is 12.0. The van der Waals surface area contributed by atoms with Crippen molar-refractivity contribution in [1.29, 1.82) is 0 Å². The molecule has 1 fully saturated rings. The van der Waals surface area contributed by atoms with Crippen LogP contribution in [0.2, 0.25) is 0 Å². The van der Waals surface area contributed by atoms with E-state index >= 15 is 0 Å². The van der Waals surface area contributed by atoms with Gasteiger partial charge in [-0.25, -0.2) is 9.78 Å². The lowest BCUT2D eigenvalue weighted by Gasteiger charge is -2.43. The maximum absolute atomic E-state index is 12.1. The van der Waals surface area contributed by atoms with E-state index in [0.717, 1.165) is 19.3 Å². The van der Waals surface area contributed by atoms with Gasteiger partial charge in [-0.05, 0) is 19.8 Å². The molecule has 0 spiro atoms. The second-order valence-corrected chi connectivity index (χ2v) is 7.27. The van der Waals surface area contributed by atoms with Gasteiger partial charge in [0.25, 0.3) is 0 Å². The normalized spacial score (nSPS) is 23.7. The van der Waals surface area contributed by atoms with Crippen LogP contribution in [0.4, 0.5) is 0 Å². The summed E-state index contributed by atoms with van der Waals surface area (Å²) in [4.78, 5) is 22.4. The van der Waals surface area contributed by atoms with Gasteiger partial charge in [-0.15, -0.1) is 0 Å². The zero-order chi connectivity index (χ0) is 17.0.